The van der Waals surface area contributed by atoms with Crippen molar-refractivity contribution in [2.75, 3.05) is 26.7 Å². The van der Waals surface area contributed by atoms with E-state index in [4.69, 9.17) is 4.74 Å². The lowest BCUT2D eigenvalue weighted by Crippen LogP contribution is -2.51. The third kappa shape index (κ3) is 6.41. The fourth-order valence-corrected chi connectivity index (χ4v) is 4.35. The van der Waals surface area contributed by atoms with Gasteiger partial charge in [-0.15, -0.1) is 0 Å². The second kappa shape index (κ2) is 11.6. The first-order valence-corrected chi connectivity index (χ1v) is 12.3. The maximum absolute atomic E-state index is 13.5. The average molecular weight is 471 g/mol. The van der Waals surface area contributed by atoms with E-state index in [-0.39, 0.29) is 48.5 Å². The first-order valence-electron chi connectivity index (χ1n) is 12.3. The second-order valence-corrected chi connectivity index (χ2v) is 9.93. The highest BCUT2D eigenvalue weighted by molar-refractivity contribution is 5.97. The second-order valence-electron chi connectivity index (χ2n) is 9.93. The molecular weight excluding hydrogens is 432 g/mol. The SMILES string of the molecule is CC(C)NC(=O)N(C)C[C@H]1Oc2ncc(C#CC3CCCC3)cc2C(=O)N([C@H](C)CO)C[C@@H]1C. The van der Waals surface area contributed by atoms with E-state index in [1.54, 1.807) is 29.1 Å². The number of pyridine rings is 1. The zero-order valence-electron chi connectivity index (χ0n) is 21.0. The summed E-state index contributed by atoms with van der Waals surface area (Å²) < 4.78 is 6.25. The molecule has 3 atom stereocenters. The maximum Gasteiger partial charge on any atom is 0.317 e. The van der Waals surface area contributed by atoms with E-state index in [0.717, 1.165) is 12.8 Å². The minimum absolute atomic E-state index is 0.0234. The highest BCUT2D eigenvalue weighted by atomic mass is 16.5. The number of aromatic nitrogens is 1. The third-order valence-electron chi connectivity index (χ3n) is 6.51. The van der Waals surface area contributed by atoms with Gasteiger partial charge in [-0.05, 0) is 39.7 Å². The molecule has 8 nitrogen and oxygen atoms in total. The van der Waals surface area contributed by atoms with Crippen LogP contribution in [0.2, 0.25) is 0 Å². The van der Waals surface area contributed by atoms with Crippen LogP contribution in [0.3, 0.4) is 0 Å². The fourth-order valence-electron chi connectivity index (χ4n) is 4.35. The van der Waals surface area contributed by atoms with Crippen molar-refractivity contribution in [2.45, 2.75) is 71.6 Å². The van der Waals surface area contributed by atoms with E-state index in [0.29, 0.717) is 30.1 Å². The van der Waals surface area contributed by atoms with Gasteiger partial charge in [0, 0.05) is 43.2 Å². The van der Waals surface area contributed by atoms with E-state index in [1.807, 2.05) is 27.7 Å². The number of ether oxygens (including phenoxy) is 1. The van der Waals surface area contributed by atoms with E-state index >= 15 is 0 Å². The highest BCUT2D eigenvalue weighted by Gasteiger charge is 2.34. The van der Waals surface area contributed by atoms with Crippen LogP contribution >= 0.6 is 0 Å². The van der Waals surface area contributed by atoms with Gasteiger partial charge in [-0.2, -0.15) is 0 Å². The van der Waals surface area contributed by atoms with Crippen LogP contribution in [0.4, 0.5) is 4.79 Å². The molecule has 2 heterocycles. The van der Waals surface area contributed by atoms with Crippen LogP contribution in [0.5, 0.6) is 5.88 Å². The Kier molecular flexibility index (Phi) is 8.78. The number of hydrogen-bond acceptors (Lipinski definition) is 5. The summed E-state index contributed by atoms with van der Waals surface area (Å²) in [5.41, 5.74) is 1.02. The van der Waals surface area contributed by atoms with Gasteiger partial charge in [-0.3, -0.25) is 4.79 Å². The molecule has 0 saturated heterocycles. The molecule has 3 amide bonds. The van der Waals surface area contributed by atoms with Gasteiger partial charge in [-0.1, -0.05) is 31.6 Å². The molecule has 1 aromatic heterocycles. The molecule has 0 aromatic carbocycles. The molecule has 1 fully saturated rings. The van der Waals surface area contributed by atoms with Crippen molar-refractivity contribution in [3.8, 4) is 17.7 Å². The summed E-state index contributed by atoms with van der Waals surface area (Å²) in [4.78, 5) is 33.7. The molecule has 2 aliphatic rings. The third-order valence-corrected chi connectivity index (χ3v) is 6.51. The van der Waals surface area contributed by atoms with Crippen LogP contribution in [-0.2, 0) is 0 Å². The number of nitrogens with zero attached hydrogens (tertiary/aromatic N) is 3. The topological polar surface area (TPSA) is 95.0 Å². The zero-order chi connectivity index (χ0) is 24.8. The van der Waals surface area contributed by atoms with Gasteiger partial charge in [-0.25, -0.2) is 9.78 Å². The largest absolute Gasteiger partial charge is 0.472 e. The quantitative estimate of drug-likeness (QED) is 0.646. The maximum atomic E-state index is 13.5. The van der Waals surface area contributed by atoms with Crippen LogP contribution in [-0.4, -0.2) is 76.8 Å². The molecule has 0 spiro atoms. The van der Waals surface area contributed by atoms with Crippen LogP contribution in [0.1, 0.15) is 69.3 Å². The molecule has 1 saturated carbocycles. The molecule has 34 heavy (non-hydrogen) atoms. The monoisotopic (exact) mass is 470 g/mol. The van der Waals surface area contributed by atoms with E-state index in [1.165, 1.54) is 12.8 Å². The van der Waals surface area contributed by atoms with Crippen LogP contribution in [0, 0.1) is 23.7 Å². The lowest BCUT2D eigenvalue weighted by Gasteiger charge is -2.37. The zero-order valence-corrected chi connectivity index (χ0v) is 21.0. The van der Waals surface area contributed by atoms with Gasteiger partial charge in [0.15, 0.2) is 0 Å². The van der Waals surface area contributed by atoms with Gasteiger partial charge in [0.05, 0.1) is 19.2 Å². The Bertz CT molecular complexity index is 932. The van der Waals surface area contributed by atoms with Gasteiger partial charge in [0.25, 0.3) is 5.91 Å². The van der Waals surface area contributed by atoms with E-state index in [2.05, 4.69) is 22.1 Å². The fraction of sp³-hybridized carbons (Fsp3) is 0.654. The number of urea groups is 1. The van der Waals surface area contributed by atoms with E-state index in [9.17, 15) is 14.7 Å². The number of rotatable bonds is 5. The Morgan fingerprint density at radius 3 is 2.71 bits per heavy atom. The predicted octanol–water partition coefficient (Wildman–Crippen LogP) is 2.89. The normalized spacial score (nSPS) is 21.6. The van der Waals surface area contributed by atoms with Crippen molar-refractivity contribution >= 4 is 11.9 Å². The van der Waals surface area contributed by atoms with Gasteiger partial charge >= 0.3 is 6.03 Å². The number of hydrogen-bond donors (Lipinski definition) is 2. The molecule has 1 aliphatic heterocycles. The summed E-state index contributed by atoms with van der Waals surface area (Å²) in [6, 6.07) is 1.22. The smallest absolute Gasteiger partial charge is 0.317 e. The summed E-state index contributed by atoms with van der Waals surface area (Å²) >= 11 is 0. The van der Waals surface area contributed by atoms with Gasteiger partial charge in [0.1, 0.15) is 11.7 Å². The number of likely N-dealkylation sites (N-methyl/N-ethyl adjacent to an activating group) is 1. The van der Waals surface area contributed by atoms with Crippen molar-refractivity contribution in [3.05, 3.63) is 23.4 Å². The molecule has 0 bridgehead atoms. The Morgan fingerprint density at radius 1 is 1.35 bits per heavy atom. The standard InChI is InChI=1S/C26H38N4O4/c1-17(2)28-26(33)29(5)15-23-18(3)14-30(19(4)16-31)25(32)22-12-21(13-27-24(22)34-23)11-10-20-8-6-7-9-20/h12-13,17-20,23,31H,6-9,14-16H2,1-5H3,(H,28,33)/t18-,19+,23+/m0/s1. The summed E-state index contributed by atoms with van der Waals surface area (Å²) in [5, 5.41) is 12.7. The molecule has 1 aliphatic carbocycles. The van der Waals surface area contributed by atoms with Crippen LogP contribution in [0.15, 0.2) is 12.3 Å². The van der Waals surface area contributed by atoms with Crippen LogP contribution in [0.25, 0.3) is 0 Å². The minimum Gasteiger partial charge on any atom is -0.472 e. The van der Waals surface area contributed by atoms with Crippen molar-refractivity contribution in [1.82, 2.24) is 20.1 Å². The number of amides is 3. The predicted molar refractivity (Wildman–Crippen MR) is 131 cm³/mol. The highest BCUT2D eigenvalue weighted by Crippen LogP contribution is 2.28. The summed E-state index contributed by atoms with van der Waals surface area (Å²) in [6.07, 6.45) is 5.92. The molecule has 186 valence electrons. The average Bonchev–Trinajstić information content (AvgIpc) is 3.32. The van der Waals surface area contributed by atoms with Crippen molar-refractivity contribution in [3.63, 3.8) is 0 Å². The molecule has 3 rings (SSSR count). The first kappa shape index (κ1) is 25.8. The molecule has 2 N–H and O–H groups in total. The molecular formula is C26H38N4O4. The lowest BCUT2D eigenvalue weighted by atomic mass is 10.00. The molecule has 1 aromatic rings. The number of aliphatic hydroxyl groups is 1. The molecule has 8 heteroatoms. The lowest BCUT2D eigenvalue weighted by molar-refractivity contribution is 0.0351. The van der Waals surface area contributed by atoms with Crippen molar-refractivity contribution < 1.29 is 19.4 Å². The number of nitrogens with one attached hydrogen (secondary N) is 1. The summed E-state index contributed by atoms with van der Waals surface area (Å²) in [5.74, 6) is 6.82. The van der Waals surface area contributed by atoms with Crippen LogP contribution < -0.4 is 10.1 Å². The number of carbonyl (C=O) groups is 2. The number of aliphatic hydroxyl groups excluding tert-OH is 1. The minimum atomic E-state index is -0.383. The Morgan fingerprint density at radius 2 is 2.06 bits per heavy atom. The molecule has 0 unspecified atom stereocenters. The first-order chi connectivity index (χ1) is 16.2. The Hall–Kier alpha value is -2.79. The number of fused-ring (bicyclic) bond motifs is 1. The molecule has 0 radical (unpaired) electrons. The summed E-state index contributed by atoms with van der Waals surface area (Å²) in [6.45, 7) is 8.20. The Balaban J connectivity index is 1.91. The van der Waals surface area contributed by atoms with E-state index < -0.39 is 0 Å². The Labute approximate surface area is 203 Å². The van der Waals surface area contributed by atoms with Gasteiger partial charge < -0.3 is 25.0 Å². The summed E-state index contributed by atoms with van der Waals surface area (Å²) in [7, 11) is 1.72. The van der Waals surface area contributed by atoms with Crippen molar-refractivity contribution in [1.29, 1.82) is 0 Å². The number of carbonyl (C=O) groups excluding carboxylic acids is 2. The van der Waals surface area contributed by atoms with Gasteiger partial charge in [0.2, 0.25) is 5.88 Å². The van der Waals surface area contributed by atoms with Crippen molar-refractivity contribution in [2.24, 2.45) is 11.8 Å².